The monoisotopic (exact) mass is 349 g/mol. The van der Waals surface area contributed by atoms with Gasteiger partial charge in [-0.2, -0.15) is 5.26 Å². The third-order valence-corrected chi connectivity index (χ3v) is 5.21. The summed E-state index contributed by atoms with van der Waals surface area (Å²) >= 11 is 0. The van der Waals surface area contributed by atoms with Gasteiger partial charge in [-0.3, -0.25) is 9.59 Å². The molecule has 132 valence electrons. The van der Waals surface area contributed by atoms with Gasteiger partial charge in [-0.1, -0.05) is 6.07 Å². The normalized spacial score (nSPS) is 16.3. The Labute approximate surface area is 151 Å². The van der Waals surface area contributed by atoms with E-state index in [4.69, 9.17) is 5.26 Å². The van der Waals surface area contributed by atoms with E-state index in [1.54, 1.807) is 0 Å². The average Bonchev–Trinajstić information content (AvgIpc) is 3.12. The Balaban J connectivity index is 1.34. The lowest BCUT2D eigenvalue weighted by atomic mass is 9.87. The first kappa shape index (κ1) is 16.3. The molecule has 7 nitrogen and oxygen atoms in total. The molecule has 2 aromatic rings. The zero-order chi connectivity index (χ0) is 18.1. The largest absolute Gasteiger partial charge is 0.348 e. The number of hydrogen-bond donors (Lipinski definition) is 2. The highest BCUT2D eigenvalue weighted by molar-refractivity contribution is 5.95. The molecule has 2 aliphatic rings. The van der Waals surface area contributed by atoms with Gasteiger partial charge in [-0.25, -0.2) is 4.98 Å². The highest BCUT2D eigenvalue weighted by atomic mass is 16.2. The summed E-state index contributed by atoms with van der Waals surface area (Å²) < 4.78 is 0. The van der Waals surface area contributed by atoms with Crippen molar-refractivity contribution in [3.63, 3.8) is 0 Å². The molecular weight excluding hydrogens is 330 g/mol. The highest BCUT2D eigenvalue weighted by Crippen LogP contribution is 2.25. The van der Waals surface area contributed by atoms with Crippen LogP contribution < -0.4 is 5.32 Å². The summed E-state index contributed by atoms with van der Waals surface area (Å²) in [5.41, 5.74) is 3.66. The van der Waals surface area contributed by atoms with Crippen molar-refractivity contribution in [1.29, 1.82) is 5.26 Å². The van der Waals surface area contributed by atoms with Crippen molar-refractivity contribution in [2.45, 2.75) is 31.7 Å². The third-order valence-electron chi connectivity index (χ3n) is 5.21. The highest BCUT2D eigenvalue weighted by Gasteiger charge is 2.26. The number of aromatic nitrogens is 2. The van der Waals surface area contributed by atoms with Crippen LogP contribution in [0, 0.1) is 11.3 Å². The molecule has 0 saturated carbocycles. The van der Waals surface area contributed by atoms with Crippen LogP contribution in [-0.4, -0.2) is 45.8 Å². The van der Waals surface area contributed by atoms with E-state index in [9.17, 15) is 9.59 Å². The van der Waals surface area contributed by atoms with Crippen molar-refractivity contribution in [1.82, 2.24) is 20.2 Å². The Hall–Kier alpha value is -3.14. The van der Waals surface area contributed by atoms with E-state index in [1.165, 1.54) is 17.5 Å². The maximum atomic E-state index is 12.7. The summed E-state index contributed by atoms with van der Waals surface area (Å²) in [6, 6.07) is 7.85. The minimum absolute atomic E-state index is 0.0155. The molecule has 1 aliphatic heterocycles. The van der Waals surface area contributed by atoms with Gasteiger partial charge in [0.15, 0.2) is 5.69 Å². The Bertz CT molecular complexity index is 903. The molecule has 0 bridgehead atoms. The number of amides is 2. The Morgan fingerprint density at radius 3 is 2.65 bits per heavy atom. The standard InChI is InChI=1S/C19H19N5O2/c20-10-16-17(22-11-21-16)18(25)23-15-5-7-24(8-6-15)19(26)14-4-2-12-1-3-13(12)9-14/h2,4,9,11,15H,1,3,5-8H2,(H,21,22)(H,23,25). The number of carbonyl (C=O) groups excluding carboxylic acids is 2. The first-order chi connectivity index (χ1) is 12.7. The SMILES string of the molecule is N#Cc1nc[nH]c1C(=O)NC1CCN(C(=O)c2ccc3c(c2)CC3)CC1. The van der Waals surface area contributed by atoms with Crippen molar-refractivity contribution in [2.75, 3.05) is 13.1 Å². The number of imidazole rings is 1. The predicted molar refractivity (Wildman–Crippen MR) is 93.5 cm³/mol. The molecule has 1 saturated heterocycles. The zero-order valence-corrected chi connectivity index (χ0v) is 14.3. The van der Waals surface area contributed by atoms with Crippen LogP contribution in [0.5, 0.6) is 0 Å². The van der Waals surface area contributed by atoms with E-state index >= 15 is 0 Å². The lowest BCUT2D eigenvalue weighted by molar-refractivity contribution is 0.0697. The summed E-state index contributed by atoms with van der Waals surface area (Å²) in [5.74, 6) is -0.268. The van der Waals surface area contributed by atoms with Crippen LogP contribution in [0.4, 0.5) is 0 Å². The van der Waals surface area contributed by atoms with Gasteiger partial charge in [-0.05, 0) is 48.9 Å². The quantitative estimate of drug-likeness (QED) is 0.875. The number of likely N-dealkylation sites (tertiary alicyclic amines) is 1. The Kier molecular flexibility index (Phi) is 4.17. The minimum Gasteiger partial charge on any atom is -0.348 e. The minimum atomic E-state index is -0.328. The molecule has 2 amide bonds. The summed E-state index contributed by atoms with van der Waals surface area (Å²) in [5, 5.41) is 11.9. The topological polar surface area (TPSA) is 102 Å². The second-order valence-corrected chi connectivity index (χ2v) is 6.76. The smallest absolute Gasteiger partial charge is 0.270 e. The van der Waals surface area contributed by atoms with E-state index < -0.39 is 0 Å². The fourth-order valence-electron chi connectivity index (χ4n) is 3.55. The van der Waals surface area contributed by atoms with Gasteiger partial charge in [0.25, 0.3) is 11.8 Å². The zero-order valence-electron chi connectivity index (χ0n) is 14.3. The molecule has 1 aliphatic carbocycles. The van der Waals surface area contributed by atoms with Crippen LogP contribution in [0.25, 0.3) is 0 Å². The van der Waals surface area contributed by atoms with Crippen LogP contribution in [0.15, 0.2) is 24.5 Å². The molecule has 1 aromatic heterocycles. The molecule has 2 N–H and O–H groups in total. The number of rotatable bonds is 3. The van der Waals surface area contributed by atoms with Gasteiger partial charge in [-0.15, -0.1) is 0 Å². The lowest BCUT2D eigenvalue weighted by Gasteiger charge is -2.32. The maximum Gasteiger partial charge on any atom is 0.270 e. The van der Waals surface area contributed by atoms with Crippen LogP contribution in [0.1, 0.15) is 50.5 Å². The second kappa shape index (κ2) is 6.64. The number of aryl methyl sites for hydroxylation is 2. The number of nitrogens with zero attached hydrogens (tertiary/aromatic N) is 3. The van der Waals surface area contributed by atoms with Crippen LogP contribution in [0.3, 0.4) is 0 Å². The van der Waals surface area contributed by atoms with Crippen LogP contribution in [0.2, 0.25) is 0 Å². The number of carbonyl (C=O) groups is 2. The molecule has 0 unspecified atom stereocenters. The van der Waals surface area contributed by atoms with E-state index in [2.05, 4.69) is 21.4 Å². The van der Waals surface area contributed by atoms with Gasteiger partial charge in [0, 0.05) is 24.7 Å². The van der Waals surface area contributed by atoms with Gasteiger partial charge < -0.3 is 15.2 Å². The van der Waals surface area contributed by atoms with Crippen molar-refractivity contribution >= 4 is 11.8 Å². The van der Waals surface area contributed by atoms with Crippen molar-refractivity contribution in [3.8, 4) is 6.07 Å². The number of aromatic amines is 1. The lowest BCUT2D eigenvalue weighted by Crippen LogP contribution is -2.46. The van der Waals surface area contributed by atoms with Crippen molar-refractivity contribution in [2.24, 2.45) is 0 Å². The molecule has 0 spiro atoms. The fraction of sp³-hybridized carbons (Fsp3) is 0.368. The summed E-state index contributed by atoms with van der Waals surface area (Å²) in [4.78, 5) is 33.3. The number of fused-ring (bicyclic) bond motifs is 1. The molecule has 4 rings (SSSR count). The average molecular weight is 349 g/mol. The van der Waals surface area contributed by atoms with Crippen molar-refractivity contribution < 1.29 is 9.59 Å². The summed E-state index contributed by atoms with van der Waals surface area (Å²) in [6.07, 6.45) is 4.89. The number of H-pyrrole nitrogens is 1. The number of nitriles is 1. The molecule has 0 radical (unpaired) electrons. The van der Waals surface area contributed by atoms with E-state index in [0.717, 1.165) is 18.4 Å². The maximum absolute atomic E-state index is 12.7. The van der Waals surface area contributed by atoms with E-state index in [-0.39, 0.29) is 29.2 Å². The molecule has 0 atom stereocenters. The van der Waals surface area contributed by atoms with Crippen molar-refractivity contribution in [3.05, 3.63) is 52.6 Å². The van der Waals surface area contributed by atoms with Gasteiger partial charge >= 0.3 is 0 Å². The molecular formula is C19H19N5O2. The number of piperidine rings is 1. The summed E-state index contributed by atoms with van der Waals surface area (Å²) in [7, 11) is 0. The Morgan fingerprint density at radius 1 is 1.23 bits per heavy atom. The summed E-state index contributed by atoms with van der Waals surface area (Å²) in [6.45, 7) is 1.21. The first-order valence-electron chi connectivity index (χ1n) is 8.81. The third kappa shape index (κ3) is 2.94. The Morgan fingerprint density at radius 2 is 2.00 bits per heavy atom. The number of benzene rings is 1. The predicted octanol–water partition coefficient (Wildman–Crippen LogP) is 1.41. The van der Waals surface area contributed by atoms with Crippen LogP contribution in [-0.2, 0) is 12.8 Å². The second-order valence-electron chi connectivity index (χ2n) is 6.76. The molecule has 7 heteroatoms. The molecule has 1 aromatic carbocycles. The van der Waals surface area contributed by atoms with Gasteiger partial charge in [0.2, 0.25) is 0 Å². The molecule has 26 heavy (non-hydrogen) atoms. The van der Waals surface area contributed by atoms with Gasteiger partial charge in [0.1, 0.15) is 11.8 Å². The van der Waals surface area contributed by atoms with Crippen LogP contribution >= 0.6 is 0 Å². The number of hydrogen-bond acceptors (Lipinski definition) is 4. The molecule has 2 heterocycles. The van der Waals surface area contributed by atoms with E-state index in [0.29, 0.717) is 25.9 Å². The first-order valence-corrected chi connectivity index (χ1v) is 8.81. The molecule has 1 fully saturated rings. The fourth-order valence-corrected chi connectivity index (χ4v) is 3.55. The number of nitrogens with one attached hydrogen (secondary N) is 2. The van der Waals surface area contributed by atoms with E-state index in [1.807, 2.05) is 23.1 Å². The van der Waals surface area contributed by atoms with Gasteiger partial charge in [0.05, 0.1) is 6.33 Å².